The van der Waals surface area contributed by atoms with Crippen molar-refractivity contribution in [1.82, 2.24) is 4.90 Å². The highest BCUT2D eigenvalue weighted by atomic mass is 79.9. The third kappa shape index (κ3) is 6.29. The number of Topliss-reactive ketones (excluding diaryl/α,β-unsaturated/α-hetero) is 1. The van der Waals surface area contributed by atoms with Crippen molar-refractivity contribution in [1.29, 1.82) is 0 Å². The molecule has 164 valence electrons. The van der Waals surface area contributed by atoms with Crippen LogP contribution in [0, 0.1) is 0 Å². The summed E-state index contributed by atoms with van der Waals surface area (Å²) in [5, 5.41) is 0. The van der Waals surface area contributed by atoms with Gasteiger partial charge in [0.15, 0.2) is 0 Å². The number of carbonyl (C=O) groups is 4. The molecule has 2 rings (SSSR count). The van der Waals surface area contributed by atoms with E-state index in [1.54, 1.807) is 39.8 Å². The highest BCUT2D eigenvalue weighted by Crippen LogP contribution is 2.23. The third-order valence-corrected chi connectivity index (χ3v) is 4.78. The molecule has 1 saturated heterocycles. The van der Waals surface area contributed by atoms with Crippen LogP contribution in [0.3, 0.4) is 0 Å². The van der Waals surface area contributed by atoms with Crippen LogP contribution >= 0.6 is 15.9 Å². The summed E-state index contributed by atoms with van der Waals surface area (Å²) in [5.74, 6) is -2.50. The van der Waals surface area contributed by atoms with Crippen molar-refractivity contribution in [2.45, 2.75) is 58.3 Å². The minimum atomic E-state index is -1.75. The molecular weight excluding hydrogens is 458 g/mol. The normalized spacial score (nSPS) is 17.2. The summed E-state index contributed by atoms with van der Waals surface area (Å²) in [5.41, 5.74) is -0.529. The van der Waals surface area contributed by atoms with Gasteiger partial charge in [-0.05, 0) is 52.7 Å². The number of amides is 1. The second-order valence-corrected chi connectivity index (χ2v) is 8.69. The first-order valence-electron chi connectivity index (χ1n) is 9.70. The van der Waals surface area contributed by atoms with E-state index < -0.39 is 41.6 Å². The Kier molecular flexibility index (Phi) is 8.00. The number of carbonyl (C=O) groups excluding carboxylic acids is 4. The van der Waals surface area contributed by atoms with E-state index in [2.05, 4.69) is 15.9 Å². The fourth-order valence-electron chi connectivity index (χ4n) is 2.94. The van der Waals surface area contributed by atoms with Gasteiger partial charge in [-0.1, -0.05) is 28.1 Å². The molecule has 0 aromatic heterocycles. The van der Waals surface area contributed by atoms with Crippen LogP contribution in [0.5, 0.6) is 0 Å². The van der Waals surface area contributed by atoms with Gasteiger partial charge in [0.1, 0.15) is 11.6 Å². The maximum Gasteiger partial charge on any atom is 0.411 e. The van der Waals surface area contributed by atoms with Crippen molar-refractivity contribution in [3.05, 3.63) is 34.3 Å². The zero-order valence-electron chi connectivity index (χ0n) is 17.5. The lowest BCUT2D eigenvalue weighted by molar-refractivity contribution is -0.166. The van der Waals surface area contributed by atoms with Gasteiger partial charge in [0.25, 0.3) is 6.10 Å². The van der Waals surface area contributed by atoms with Gasteiger partial charge in [-0.3, -0.25) is 9.69 Å². The van der Waals surface area contributed by atoms with E-state index in [0.29, 0.717) is 19.4 Å². The zero-order valence-corrected chi connectivity index (χ0v) is 19.1. The molecule has 9 heteroatoms. The lowest BCUT2D eigenvalue weighted by atomic mass is 10.1. The predicted octanol–water partition coefficient (Wildman–Crippen LogP) is 3.51. The standard InChI is InChI=1S/C21H26BrNO7/c1-5-28-19(26)17(16(24)13-8-10-14(22)11-9-13)29-18(25)15-7-6-12-23(15)20(27)30-21(2,3)4/h8-11,15,17H,5-7,12H2,1-4H3/t15?,17-/m0/s1. The Morgan fingerprint density at radius 3 is 2.37 bits per heavy atom. The maximum atomic E-state index is 12.8. The van der Waals surface area contributed by atoms with Crippen LogP contribution in [-0.4, -0.2) is 59.6 Å². The number of nitrogens with zero attached hydrogens (tertiary/aromatic N) is 1. The van der Waals surface area contributed by atoms with Gasteiger partial charge in [0.2, 0.25) is 5.78 Å². The Morgan fingerprint density at radius 1 is 1.17 bits per heavy atom. The van der Waals surface area contributed by atoms with Gasteiger partial charge in [-0.25, -0.2) is 14.4 Å². The van der Waals surface area contributed by atoms with Crippen LogP contribution in [0.15, 0.2) is 28.7 Å². The topological polar surface area (TPSA) is 99.2 Å². The molecule has 1 heterocycles. The molecule has 0 N–H and O–H groups in total. The monoisotopic (exact) mass is 483 g/mol. The minimum absolute atomic E-state index is 0.0218. The molecule has 1 aliphatic rings. The second kappa shape index (κ2) is 10.1. The van der Waals surface area contributed by atoms with Gasteiger partial charge in [-0.2, -0.15) is 0 Å². The minimum Gasteiger partial charge on any atom is -0.463 e. The number of rotatable bonds is 6. The number of hydrogen-bond donors (Lipinski definition) is 0. The highest BCUT2D eigenvalue weighted by molar-refractivity contribution is 9.10. The number of esters is 2. The van der Waals surface area contributed by atoms with Gasteiger partial charge < -0.3 is 14.2 Å². The smallest absolute Gasteiger partial charge is 0.411 e. The molecular formula is C21H26BrNO7. The summed E-state index contributed by atoms with van der Waals surface area (Å²) < 4.78 is 16.3. The summed E-state index contributed by atoms with van der Waals surface area (Å²) in [6.45, 7) is 7.10. The SMILES string of the molecule is CCOC(=O)[C@@H](OC(=O)C1CCCN1C(=O)OC(C)(C)C)C(=O)c1ccc(Br)cc1. The number of hydrogen-bond acceptors (Lipinski definition) is 7. The molecule has 1 aliphatic heterocycles. The van der Waals surface area contributed by atoms with Gasteiger partial charge in [-0.15, -0.1) is 0 Å². The molecule has 0 aliphatic carbocycles. The van der Waals surface area contributed by atoms with Crippen molar-refractivity contribution < 1.29 is 33.4 Å². The van der Waals surface area contributed by atoms with E-state index in [-0.39, 0.29) is 12.2 Å². The second-order valence-electron chi connectivity index (χ2n) is 7.77. The van der Waals surface area contributed by atoms with E-state index >= 15 is 0 Å². The van der Waals surface area contributed by atoms with Crippen LogP contribution < -0.4 is 0 Å². The molecule has 1 amide bonds. The lowest BCUT2D eigenvalue weighted by Crippen LogP contribution is -2.46. The maximum absolute atomic E-state index is 12.8. The molecule has 1 aromatic rings. The van der Waals surface area contributed by atoms with Crippen LogP contribution in [-0.2, 0) is 23.8 Å². The van der Waals surface area contributed by atoms with E-state index in [0.717, 1.165) is 4.47 Å². The van der Waals surface area contributed by atoms with E-state index in [4.69, 9.17) is 14.2 Å². The van der Waals surface area contributed by atoms with Gasteiger partial charge in [0, 0.05) is 16.6 Å². The molecule has 0 spiro atoms. The number of ether oxygens (including phenoxy) is 3. The average molecular weight is 484 g/mol. The number of halogens is 1. The molecule has 1 unspecified atom stereocenters. The summed E-state index contributed by atoms with van der Waals surface area (Å²) >= 11 is 3.27. The zero-order chi connectivity index (χ0) is 22.5. The number of likely N-dealkylation sites (tertiary alicyclic amines) is 1. The van der Waals surface area contributed by atoms with Crippen LogP contribution in [0.4, 0.5) is 4.79 Å². The summed E-state index contributed by atoms with van der Waals surface area (Å²) in [6.07, 6.45) is -1.47. The predicted molar refractivity (Wildman–Crippen MR) is 111 cm³/mol. The summed E-state index contributed by atoms with van der Waals surface area (Å²) in [4.78, 5) is 51.6. The molecule has 1 aromatic carbocycles. The van der Waals surface area contributed by atoms with Gasteiger partial charge in [0.05, 0.1) is 6.61 Å². The van der Waals surface area contributed by atoms with Crippen molar-refractivity contribution in [3.63, 3.8) is 0 Å². The molecule has 2 atom stereocenters. The first kappa shape index (κ1) is 23.9. The summed E-state index contributed by atoms with van der Waals surface area (Å²) in [6, 6.07) is 5.36. The molecule has 1 fully saturated rings. The quantitative estimate of drug-likeness (QED) is 0.264. The summed E-state index contributed by atoms with van der Waals surface area (Å²) in [7, 11) is 0. The Hall–Kier alpha value is -2.42. The lowest BCUT2D eigenvalue weighted by Gasteiger charge is -2.28. The first-order chi connectivity index (χ1) is 14.0. The molecule has 30 heavy (non-hydrogen) atoms. The third-order valence-electron chi connectivity index (χ3n) is 4.25. The van der Waals surface area contributed by atoms with Crippen molar-refractivity contribution in [3.8, 4) is 0 Å². The fourth-order valence-corrected chi connectivity index (χ4v) is 3.20. The molecule has 0 radical (unpaired) electrons. The number of benzene rings is 1. The Balaban J connectivity index is 2.19. The van der Waals surface area contributed by atoms with Crippen LogP contribution in [0.25, 0.3) is 0 Å². The molecule has 8 nitrogen and oxygen atoms in total. The van der Waals surface area contributed by atoms with Crippen molar-refractivity contribution in [2.24, 2.45) is 0 Å². The van der Waals surface area contributed by atoms with Crippen LogP contribution in [0.1, 0.15) is 50.9 Å². The average Bonchev–Trinajstić information content (AvgIpc) is 3.15. The molecule has 0 saturated carbocycles. The van der Waals surface area contributed by atoms with Crippen molar-refractivity contribution in [2.75, 3.05) is 13.2 Å². The van der Waals surface area contributed by atoms with E-state index in [1.165, 1.54) is 17.0 Å². The largest absolute Gasteiger partial charge is 0.463 e. The Bertz CT molecular complexity index is 801. The fraction of sp³-hybridized carbons (Fsp3) is 0.524. The number of ketones is 1. The first-order valence-corrected chi connectivity index (χ1v) is 10.5. The Morgan fingerprint density at radius 2 is 1.80 bits per heavy atom. The van der Waals surface area contributed by atoms with Crippen molar-refractivity contribution >= 4 is 39.7 Å². The van der Waals surface area contributed by atoms with E-state index in [9.17, 15) is 19.2 Å². The van der Waals surface area contributed by atoms with E-state index in [1.807, 2.05) is 0 Å². The van der Waals surface area contributed by atoms with Gasteiger partial charge >= 0.3 is 18.0 Å². The Labute approximate surface area is 184 Å². The highest BCUT2D eigenvalue weighted by Gasteiger charge is 2.41. The van der Waals surface area contributed by atoms with Crippen LogP contribution in [0.2, 0.25) is 0 Å². The molecule has 0 bridgehead atoms.